The van der Waals surface area contributed by atoms with Crippen molar-refractivity contribution < 1.29 is 21.6 Å². The zero-order valence-electron chi connectivity index (χ0n) is 7.89. The maximum absolute atomic E-state index is 11.6. The number of hydrogen-bond acceptors (Lipinski definition) is 3. The van der Waals surface area contributed by atoms with Gasteiger partial charge in [0.2, 0.25) is 0 Å². The Morgan fingerprint density at radius 2 is 1.79 bits per heavy atom. The Kier molecular flexibility index (Phi) is 5.43. The van der Waals surface area contributed by atoms with E-state index >= 15 is 0 Å². The first-order valence-corrected chi connectivity index (χ1v) is 6.22. The average molecular weight is 233 g/mol. The summed E-state index contributed by atoms with van der Waals surface area (Å²) in [5.41, 5.74) is 0. The van der Waals surface area contributed by atoms with Gasteiger partial charge in [0.05, 0.1) is 12.2 Å². The molecule has 7 heteroatoms. The topological polar surface area (TPSA) is 46.2 Å². The van der Waals surface area contributed by atoms with Crippen molar-refractivity contribution in [3.63, 3.8) is 0 Å². The highest BCUT2D eigenvalue weighted by Gasteiger charge is 2.25. The molecular formula is C7H14F3NO2S. The highest BCUT2D eigenvalue weighted by Crippen LogP contribution is 2.17. The minimum atomic E-state index is -4.15. The van der Waals surface area contributed by atoms with Gasteiger partial charge in [-0.3, -0.25) is 0 Å². The van der Waals surface area contributed by atoms with Crippen LogP contribution < -0.4 is 5.32 Å². The maximum Gasteiger partial charge on any atom is 0.390 e. The van der Waals surface area contributed by atoms with Gasteiger partial charge in [-0.2, -0.15) is 13.2 Å². The minimum Gasteiger partial charge on any atom is -0.316 e. The maximum atomic E-state index is 11.6. The Morgan fingerprint density at radius 1 is 1.21 bits per heavy atom. The van der Waals surface area contributed by atoms with Gasteiger partial charge in [0.25, 0.3) is 0 Å². The van der Waals surface area contributed by atoms with E-state index < -0.39 is 22.4 Å². The van der Waals surface area contributed by atoms with E-state index in [1.165, 1.54) is 0 Å². The van der Waals surface area contributed by atoms with E-state index in [1.54, 1.807) is 0 Å². The van der Waals surface area contributed by atoms with Gasteiger partial charge in [-0.15, -0.1) is 0 Å². The molecule has 0 rings (SSSR count). The van der Waals surface area contributed by atoms with E-state index in [4.69, 9.17) is 0 Å². The van der Waals surface area contributed by atoms with E-state index in [0.29, 0.717) is 13.0 Å². The molecule has 0 aromatic heterocycles. The van der Waals surface area contributed by atoms with Crippen LogP contribution in [0.5, 0.6) is 0 Å². The number of nitrogens with one attached hydrogen (secondary N) is 1. The predicted molar refractivity (Wildman–Crippen MR) is 47.9 cm³/mol. The lowest BCUT2D eigenvalue weighted by molar-refractivity contribution is -0.133. The lowest BCUT2D eigenvalue weighted by Crippen LogP contribution is -2.23. The Morgan fingerprint density at radius 3 is 2.21 bits per heavy atom. The molecular weight excluding hydrogens is 219 g/mol. The van der Waals surface area contributed by atoms with Gasteiger partial charge in [-0.1, -0.05) is 0 Å². The van der Waals surface area contributed by atoms with E-state index in [1.807, 2.05) is 0 Å². The number of rotatable bonds is 6. The SMILES string of the molecule is CS(=O)(=O)CCCNCCC(F)(F)F. The molecule has 3 nitrogen and oxygen atoms in total. The summed E-state index contributed by atoms with van der Waals surface area (Å²) in [5.74, 6) is 0.00597. The van der Waals surface area contributed by atoms with Crippen molar-refractivity contribution in [2.75, 3.05) is 25.1 Å². The Balaban J connectivity index is 3.32. The summed E-state index contributed by atoms with van der Waals surface area (Å²) in [5, 5.41) is 2.53. The number of hydrogen-bond donors (Lipinski definition) is 1. The van der Waals surface area contributed by atoms with Crippen molar-refractivity contribution in [2.24, 2.45) is 0 Å². The lowest BCUT2D eigenvalue weighted by Gasteiger charge is -2.06. The molecule has 0 spiro atoms. The first-order chi connectivity index (χ1) is 6.21. The van der Waals surface area contributed by atoms with Gasteiger partial charge in [0.1, 0.15) is 9.84 Å². The van der Waals surface area contributed by atoms with Crippen molar-refractivity contribution in [2.45, 2.75) is 19.0 Å². The predicted octanol–water partition coefficient (Wildman–Crippen LogP) is 0.963. The van der Waals surface area contributed by atoms with Gasteiger partial charge in [0.15, 0.2) is 0 Å². The largest absolute Gasteiger partial charge is 0.390 e. The first-order valence-electron chi connectivity index (χ1n) is 4.16. The van der Waals surface area contributed by atoms with Crippen LogP contribution >= 0.6 is 0 Å². The molecule has 0 aromatic rings. The molecule has 0 aromatic carbocycles. The summed E-state index contributed by atoms with van der Waals surface area (Å²) < 4.78 is 56.1. The van der Waals surface area contributed by atoms with Gasteiger partial charge < -0.3 is 5.32 Å². The molecule has 0 saturated carbocycles. The molecule has 1 N–H and O–H groups in total. The van der Waals surface area contributed by atoms with Crippen LogP contribution in [0, 0.1) is 0 Å². The molecule has 0 aliphatic heterocycles. The number of sulfone groups is 1. The average Bonchev–Trinajstić information content (AvgIpc) is 1.92. The molecule has 0 atom stereocenters. The fraction of sp³-hybridized carbons (Fsp3) is 1.00. The molecule has 0 saturated heterocycles. The van der Waals surface area contributed by atoms with Gasteiger partial charge >= 0.3 is 6.18 Å². The second-order valence-corrected chi connectivity index (χ2v) is 5.36. The van der Waals surface area contributed by atoms with Crippen LogP contribution in [0.2, 0.25) is 0 Å². The van der Waals surface area contributed by atoms with E-state index in [-0.39, 0.29) is 12.3 Å². The van der Waals surface area contributed by atoms with Crippen LogP contribution in [-0.4, -0.2) is 39.7 Å². The standard InChI is InChI=1S/C7H14F3NO2S/c1-14(12,13)6-2-4-11-5-3-7(8,9)10/h11H,2-6H2,1H3. The third kappa shape index (κ3) is 11.7. The highest BCUT2D eigenvalue weighted by molar-refractivity contribution is 7.90. The summed E-state index contributed by atoms with van der Waals surface area (Å²) in [6, 6.07) is 0. The number of halogens is 3. The molecule has 0 aliphatic carbocycles. The van der Waals surface area contributed by atoms with Crippen LogP contribution in [0.1, 0.15) is 12.8 Å². The summed E-state index contributed by atoms with van der Waals surface area (Å²) in [4.78, 5) is 0. The Hall–Kier alpha value is -0.300. The summed E-state index contributed by atoms with van der Waals surface area (Å²) in [6.07, 6.45) is -3.59. The molecule has 0 unspecified atom stereocenters. The van der Waals surface area contributed by atoms with E-state index in [0.717, 1.165) is 6.26 Å². The van der Waals surface area contributed by atoms with Crippen molar-refractivity contribution in [3.05, 3.63) is 0 Å². The van der Waals surface area contributed by atoms with Crippen molar-refractivity contribution in [3.8, 4) is 0 Å². The van der Waals surface area contributed by atoms with Gasteiger partial charge in [0, 0.05) is 12.8 Å². The summed E-state index contributed by atoms with van der Waals surface area (Å²) in [6.45, 7) is 0.135. The molecule has 0 bridgehead atoms. The second kappa shape index (κ2) is 5.55. The second-order valence-electron chi connectivity index (χ2n) is 3.10. The Labute approximate surface area is 81.6 Å². The van der Waals surface area contributed by atoms with Gasteiger partial charge in [-0.25, -0.2) is 8.42 Å². The van der Waals surface area contributed by atoms with E-state index in [9.17, 15) is 21.6 Å². The summed E-state index contributed by atoms with van der Waals surface area (Å²) in [7, 11) is -3.00. The summed E-state index contributed by atoms with van der Waals surface area (Å²) >= 11 is 0. The fourth-order valence-corrected chi connectivity index (χ4v) is 1.48. The van der Waals surface area contributed by atoms with Crippen LogP contribution in [0.15, 0.2) is 0 Å². The minimum absolute atomic E-state index is 0.00597. The molecule has 86 valence electrons. The smallest absolute Gasteiger partial charge is 0.316 e. The monoisotopic (exact) mass is 233 g/mol. The Bertz CT molecular complexity index is 248. The first kappa shape index (κ1) is 13.7. The zero-order chi connectivity index (χ0) is 11.2. The molecule has 0 amide bonds. The van der Waals surface area contributed by atoms with Crippen LogP contribution in [-0.2, 0) is 9.84 Å². The van der Waals surface area contributed by atoms with Crippen LogP contribution in [0.3, 0.4) is 0 Å². The molecule has 0 radical (unpaired) electrons. The normalized spacial score (nSPS) is 13.1. The third-order valence-corrected chi connectivity index (χ3v) is 2.48. The quantitative estimate of drug-likeness (QED) is 0.695. The highest BCUT2D eigenvalue weighted by atomic mass is 32.2. The number of alkyl halides is 3. The lowest BCUT2D eigenvalue weighted by atomic mass is 10.4. The molecule has 14 heavy (non-hydrogen) atoms. The zero-order valence-corrected chi connectivity index (χ0v) is 8.71. The third-order valence-electron chi connectivity index (χ3n) is 1.45. The molecule has 0 fully saturated rings. The van der Waals surface area contributed by atoms with Crippen LogP contribution in [0.4, 0.5) is 13.2 Å². The van der Waals surface area contributed by atoms with E-state index in [2.05, 4.69) is 5.32 Å². The fourth-order valence-electron chi connectivity index (χ4n) is 0.814. The van der Waals surface area contributed by atoms with Crippen molar-refractivity contribution in [1.82, 2.24) is 5.32 Å². The van der Waals surface area contributed by atoms with Gasteiger partial charge in [-0.05, 0) is 13.0 Å². The van der Waals surface area contributed by atoms with Crippen LogP contribution in [0.25, 0.3) is 0 Å². The molecule has 0 heterocycles. The van der Waals surface area contributed by atoms with Crippen molar-refractivity contribution >= 4 is 9.84 Å². The van der Waals surface area contributed by atoms with Crippen molar-refractivity contribution in [1.29, 1.82) is 0 Å². The molecule has 0 aliphatic rings.